The molecule has 0 radical (unpaired) electrons. The zero-order valence-electron chi connectivity index (χ0n) is 11.3. The number of hydrogen-bond acceptors (Lipinski definition) is 4. The summed E-state index contributed by atoms with van der Waals surface area (Å²) >= 11 is 1.94. The third-order valence-electron chi connectivity index (χ3n) is 4.47. The van der Waals surface area contributed by atoms with Crippen molar-refractivity contribution < 1.29 is 9.59 Å². The molecule has 2 heterocycles. The van der Waals surface area contributed by atoms with Crippen molar-refractivity contribution in [2.24, 2.45) is 0 Å². The Kier molecular flexibility index (Phi) is 4.12. The van der Waals surface area contributed by atoms with E-state index in [-0.39, 0.29) is 23.9 Å². The summed E-state index contributed by atoms with van der Waals surface area (Å²) < 4.78 is 0. The van der Waals surface area contributed by atoms with E-state index < -0.39 is 0 Å². The SMILES string of the molecule is O=C1CC(NC2CCCSC2)C(=O)N1C1CCCC1. The van der Waals surface area contributed by atoms with Crippen LogP contribution in [0.4, 0.5) is 0 Å². The normalized spacial score (nSPS) is 33.4. The molecule has 1 N–H and O–H groups in total. The van der Waals surface area contributed by atoms with Gasteiger partial charge in [-0.3, -0.25) is 14.5 Å². The molecule has 106 valence electrons. The number of rotatable bonds is 3. The van der Waals surface area contributed by atoms with E-state index in [1.807, 2.05) is 11.8 Å². The Morgan fingerprint density at radius 2 is 1.89 bits per heavy atom. The number of carbonyl (C=O) groups is 2. The van der Waals surface area contributed by atoms with Gasteiger partial charge in [0.2, 0.25) is 11.8 Å². The Balaban J connectivity index is 1.61. The van der Waals surface area contributed by atoms with Crippen LogP contribution in [0.15, 0.2) is 0 Å². The number of carbonyl (C=O) groups excluding carboxylic acids is 2. The van der Waals surface area contributed by atoms with Crippen LogP contribution in [0.25, 0.3) is 0 Å². The van der Waals surface area contributed by atoms with Crippen molar-refractivity contribution in [1.82, 2.24) is 10.2 Å². The lowest BCUT2D eigenvalue weighted by atomic mass is 10.1. The van der Waals surface area contributed by atoms with Gasteiger partial charge in [0.1, 0.15) is 0 Å². The second-order valence-corrected chi connectivity index (χ2v) is 7.03. The van der Waals surface area contributed by atoms with Crippen molar-refractivity contribution in [2.45, 2.75) is 63.1 Å². The van der Waals surface area contributed by atoms with Crippen LogP contribution in [0.5, 0.6) is 0 Å². The maximum absolute atomic E-state index is 12.4. The molecule has 1 saturated carbocycles. The molecular weight excluding hydrogens is 260 g/mol. The maximum Gasteiger partial charge on any atom is 0.247 e. The van der Waals surface area contributed by atoms with Crippen LogP contribution >= 0.6 is 11.8 Å². The molecule has 0 aromatic carbocycles. The first-order chi connectivity index (χ1) is 9.25. The molecule has 2 atom stereocenters. The zero-order chi connectivity index (χ0) is 13.2. The standard InChI is InChI=1S/C14H22N2O2S/c17-13-8-12(15-10-4-3-7-19-9-10)14(18)16(13)11-5-1-2-6-11/h10-12,15H,1-9H2. The fraction of sp³-hybridized carbons (Fsp3) is 0.857. The van der Waals surface area contributed by atoms with Crippen LogP contribution in [0.3, 0.4) is 0 Å². The van der Waals surface area contributed by atoms with E-state index in [0.717, 1.165) is 37.9 Å². The van der Waals surface area contributed by atoms with Crippen LogP contribution < -0.4 is 5.32 Å². The van der Waals surface area contributed by atoms with Gasteiger partial charge in [-0.15, -0.1) is 0 Å². The molecule has 19 heavy (non-hydrogen) atoms. The van der Waals surface area contributed by atoms with Gasteiger partial charge in [0.25, 0.3) is 0 Å². The lowest BCUT2D eigenvalue weighted by molar-refractivity contribution is -0.141. The second-order valence-electron chi connectivity index (χ2n) is 5.88. The fourth-order valence-corrected chi connectivity index (χ4v) is 4.57. The zero-order valence-corrected chi connectivity index (χ0v) is 12.1. The molecule has 0 aromatic rings. The van der Waals surface area contributed by atoms with Crippen molar-refractivity contribution in [3.63, 3.8) is 0 Å². The van der Waals surface area contributed by atoms with Gasteiger partial charge in [0.15, 0.2) is 0 Å². The van der Waals surface area contributed by atoms with Gasteiger partial charge in [0, 0.05) is 17.8 Å². The molecule has 3 aliphatic rings. The first-order valence-corrected chi connectivity index (χ1v) is 8.61. The highest BCUT2D eigenvalue weighted by atomic mass is 32.2. The Bertz CT molecular complexity index is 362. The molecule has 5 heteroatoms. The van der Waals surface area contributed by atoms with Crippen LogP contribution in [-0.4, -0.2) is 46.3 Å². The summed E-state index contributed by atoms with van der Waals surface area (Å²) in [6.45, 7) is 0. The third-order valence-corrected chi connectivity index (χ3v) is 5.69. The molecular formula is C14H22N2O2S. The number of nitrogens with one attached hydrogen (secondary N) is 1. The van der Waals surface area contributed by atoms with E-state index in [4.69, 9.17) is 0 Å². The first-order valence-electron chi connectivity index (χ1n) is 7.45. The molecule has 0 aromatic heterocycles. The predicted molar refractivity (Wildman–Crippen MR) is 76.0 cm³/mol. The molecule has 3 fully saturated rings. The lowest BCUT2D eigenvalue weighted by Crippen LogP contribution is -2.47. The molecule has 2 unspecified atom stereocenters. The summed E-state index contributed by atoms with van der Waals surface area (Å²) in [5.74, 6) is 2.37. The van der Waals surface area contributed by atoms with Crippen molar-refractivity contribution >= 4 is 23.6 Å². The minimum absolute atomic E-state index is 0.0347. The number of hydrogen-bond donors (Lipinski definition) is 1. The van der Waals surface area contributed by atoms with Gasteiger partial charge in [-0.25, -0.2) is 0 Å². The molecule has 2 amide bonds. The van der Waals surface area contributed by atoms with E-state index in [9.17, 15) is 9.59 Å². The van der Waals surface area contributed by atoms with Crippen molar-refractivity contribution in [3.05, 3.63) is 0 Å². The highest BCUT2D eigenvalue weighted by Gasteiger charge is 2.43. The molecule has 0 spiro atoms. The van der Waals surface area contributed by atoms with Crippen LogP contribution in [-0.2, 0) is 9.59 Å². The Hall–Kier alpha value is -0.550. The van der Waals surface area contributed by atoms with E-state index >= 15 is 0 Å². The maximum atomic E-state index is 12.4. The minimum Gasteiger partial charge on any atom is -0.302 e. The number of imide groups is 1. The smallest absolute Gasteiger partial charge is 0.247 e. The molecule has 2 saturated heterocycles. The Labute approximate surface area is 118 Å². The second kappa shape index (κ2) is 5.83. The fourth-order valence-electron chi connectivity index (χ4n) is 3.48. The number of nitrogens with zero attached hydrogens (tertiary/aromatic N) is 1. The van der Waals surface area contributed by atoms with Gasteiger partial charge < -0.3 is 5.32 Å². The van der Waals surface area contributed by atoms with Crippen molar-refractivity contribution in [2.75, 3.05) is 11.5 Å². The summed E-state index contributed by atoms with van der Waals surface area (Å²) in [5, 5.41) is 3.42. The van der Waals surface area contributed by atoms with Crippen LogP contribution in [0, 0.1) is 0 Å². The van der Waals surface area contributed by atoms with Gasteiger partial charge in [-0.1, -0.05) is 12.8 Å². The predicted octanol–water partition coefficient (Wildman–Crippen LogP) is 1.54. The quantitative estimate of drug-likeness (QED) is 0.798. The summed E-state index contributed by atoms with van der Waals surface area (Å²) in [5.41, 5.74) is 0. The number of amides is 2. The number of thioether (sulfide) groups is 1. The third kappa shape index (κ3) is 2.82. The van der Waals surface area contributed by atoms with Gasteiger partial charge >= 0.3 is 0 Å². The highest BCUT2D eigenvalue weighted by molar-refractivity contribution is 7.99. The average molecular weight is 282 g/mol. The summed E-state index contributed by atoms with van der Waals surface area (Å²) in [6.07, 6.45) is 7.03. The Morgan fingerprint density at radius 3 is 2.58 bits per heavy atom. The number of likely N-dealkylation sites (tertiary alicyclic amines) is 1. The first kappa shape index (κ1) is 13.4. The van der Waals surface area contributed by atoms with E-state index in [2.05, 4.69) is 5.32 Å². The van der Waals surface area contributed by atoms with Crippen molar-refractivity contribution in [1.29, 1.82) is 0 Å². The molecule has 4 nitrogen and oxygen atoms in total. The summed E-state index contributed by atoms with van der Waals surface area (Å²) in [6, 6.07) is 0.341. The van der Waals surface area contributed by atoms with E-state index in [0.29, 0.717) is 12.5 Å². The van der Waals surface area contributed by atoms with E-state index in [1.54, 1.807) is 4.90 Å². The average Bonchev–Trinajstić information content (AvgIpc) is 3.01. The van der Waals surface area contributed by atoms with Gasteiger partial charge in [0.05, 0.1) is 12.5 Å². The monoisotopic (exact) mass is 282 g/mol. The van der Waals surface area contributed by atoms with Gasteiger partial charge in [-0.2, -0.15) is 11.8 Å². The minimum atomic E-state index is -0.253. The summed E-state index contributed by atoms with van der Waals surface area (Å²) in [7, 11) is 0. The Morgan fingerprint density at radius 1 is 1.11 bits per heavy atom. The van der Waals surface area contributed by atoms with Crippen LogP contribution in [0.1, 0.15) is 44.9 Å². The largest absolute Gasteiger partial charge is 0.302 e. The molecule has 3 rings (SSSR count). The topological polar surface area (TPSA) is 49.4 Å². The van der Waals surface area contributed by atoms with Crippen LogP contribution in [0.2, 0.25) is 0 Å². The van der Waals surface area contributed by atoms with E-state index in [1.165, 1.54) is 12.2 Å². The van der Waals surface area contributed by atoms with Gasteiger partial charge in [-0.05, 0) is 31.4 Å². The molecule has 1 aliphatic carbocycles. The summed E-state index contributed by atoms with van der Waals surface area (Å²) in [4.78, 5) is 26.1. The highest BCUT2D eigenvalue weighted by Crippen LogP contribution is 2.28. The van der Waals surface area contributed by atoms with Crippen molar-refractivity contribution in [3.8, 4) is 0 Å². The molecule has 0 bridgehead atoms. The molecule has 2 aliphatic heterocycles. The lowest BCUT2D eigenvalue weighted by Gasteiger charge is -2.26.